The largest absolute Gasteiger partial charge is 0.491 e. The molecule has 1 aliphatic rings. The van der Waals surface area contributed by atoms with E-state index in [2.05, 4.69) is 24.3 Å². The lowest BCUT2D eigenvalue weighted by molar-refractivity contribution is 0.153. The molecule has 224 valence electrons. The highest BCUT2D eigenvalue weighted by Crippen LogP contribution is 2.36. The lowest BCUT2D eigenvalue weighted by Gasteiger charge is -2.09. The highest BCUT2D eigenvalue weighted by molar-refractivity contribution is 5.97. The first-order valence-electron chi connectivity index (χ1n) is 15.3. The molecular formula is C34H42N2O6. The van der Waals surface area contributed by atoms with Crippen LogP contribution in [0, 0.1) is 13.8 Å². The number of aryl methyl sites for hydroxylation is 2. The number of benzene rings is 2. The standard InChI is InChI=1S/C34H42N2O6/c1-5-39-33(37)35-23(3)31-27-21-25(15-17-29(27)35)13-9-8-12-20-42-32-24(4)36(34(38)40-6-2)30-18-16-26(22-28(30)32)14-10-7-11-19-41-31/h15-18,21-22H,5-14,19-20H2,1-4H3. The minimum Gasteiger partial charge on any atom is -0.491 e. The van der Waals surface area contributed by atoms with Gasteiger partial charge in [-0.1, -0.05) is 12.1 Å². The van der Waals surface area contributed by atoms with E-state index in [4.69, 9.17) is 18.9 Å². The fourth-order valence-corrected chi connectivity index (χ4v) is 5.96. The maximum absolute atomic E-state index is 12.8. The first-order chi connectivity index (χ1) is 20.4. The predicted octanol–water partition coefficient (Wildman–Crippen LogP) is 8.12. The van der Waals surface area contributed by atoms with Gasteiger partial charge in [-0.2, -0.15) is 0 Å². The third-order valence-corrected chi connectivity index (χ3v) is 8.03. The van der Waals surface area contributed by atoms with Crippen molar-refractivity contribution in [2.75, 3.05) is 26.4 Å². The molecule has 0 radical (unpaired) electrons. The summed E-state index contributed by atoms with van der Waals surface area (Å²) in [5.41, 5.74) is 5.60. The first kappa shape index (κ1) is 29.5. The van der Waals surface area contributed by atoms with Crippen molar-refractivity contribution in [1.29, 1.82) is 0 Å². The summed E-state index contributed by atoms with van der Waals surface area (Å²) in [6, 6.07) is 12.5. The van der Waals surface area contributed by atoms with Crippen LogP contribution in [0.1, 0.15) is 74.9 Å². The fourth-order valence-electron chi connectivity index (χ4n) is 5.96. The third-order valence-electron chi connectivity index (χ3n) is 8.03. The molecule has 42 heavy (non-hydrogen) atoms. The van der Waals surface area contributed by atoms with Crippen molar-refractivity contribution in [3.05, 3.63) is 58.9 Å². The van der Waals surface area contributed by atoms with Gasteiger partial charge in [0.1, 0.15) is 11.5 Å². The molecule has 0 unspecified atom stereocenters. The quantitative estimate of drug-likeness (QED) is 0.241. The number of aromatic nitrogens is 2. The van der Waals surface area contributed by atoms with Crippen LogP contribution >= 0.6 is 0 Å². The summed E-state index contributed by atoms with van der Waals surface area (Å²) < 4.78 is 26.6. The molecule has 4 aromatic rings. The smallest absolute Gasteiger partial charge is 0.418 e. The molecule has 1 aliphatic heterocycles. The summed E-state index contributed by atoms with van der Waals surface area (Å²) >= 11 is 0. The number of nitrogens with zero attached hydrogens (tertiary/aromatic N) is 2. The highest BCUT2D eigenvalue weighted by Gasteiger charge is 2.23. The molecule has 0 N–H and O–H groups in total. The Balaban J connectivity index is 1.40. The minimum absolute atomic E-state index is 0.320. The Bertz CT molecular complexity index is 1460. The Morgan fingerprint density at radius 3 is 1.50 bits per heavy atom. The van der Waals surface area contributed by atoms with Gasteiger partial charge in [-0.25, -0.2) is 18.7 Å². The van der Waals surface area contributed by atoms with Gasteiger partial charge >= 0.3 is 12.2 Å². The second kappa shape index (κ2) is 13.4. The van der Waals surface area contributed by atoms with Gasteiger partial charge in [-0.15, -0.1) is 0 Å². The number of hydrogen-bond acceptors (Lipinski definition) is 6. The molecule has 0 amide bonds. The van der Waals surface area contributed by atoms with E-state index in [9.17, 15) is 9.59 Å². The van der Waals surface area contributed by atoms with Crippen LogP contribution in [0.2, 0.25) is 0 Å². The Hall–Kier alpha value is -3.94. The van der Waals surface area contributed by atoms with E-state index in [1.807, 2.05) is 39.8 Å². The summed E-state index contributed by atoms with van der Waals surface area (Å²) in [6.07, 6.45) is 6.93. The molecule has 0 fully saturated rings. The number of hydrogen-bond donors (Lipinski definition) is 0. The lowest BCUT2D eigenvalue weighted by Crippen LogP contribution is -2.15. The second-order valence-corrected chi connectivity index (χ2v) is 10.9. The van der Waals surface area contributed by atoms with E-state index < -0.39 is 0 Å². The van der Waals surface area contributed by atoms with Crippen molar-refractivity contribution in [3.63, 3.8) is 0 Å². The number of fused-ring (bicyclic) bond motifs is 2. The zero-order valence-electron chi connectivity index (χ0n) is 25.3. The Kier molecular flexibility index (Phi) is 9.40. The van der Waals surface area contributed by atoms with Gasteiger partial charge in [-0.05, 0) is 114 Å². The van der Waals surface area contributed by atoms with Crippen LogP contribution in [-0.4, -0.2) is 47.7 Å². The average molecular weight is 575 g/mol. The Labute approximate surface area is 247 Å². The molecule has 5 rings (SSSR count). The first-order valence-corrected chi connectivity index (χ1v) is 15.3. The van der Waals surface area contributed by atoms with E-state index >= 15 is 0 Å². The number of carbonyl (C=O) groups is 2. The zero-order valence-corrected chi connectivity index (χ0v) is 25.3. The number of rotatable bonds is 2. The van der Waals surface area contributed by atoms with Gasteiger partial charge in [0, 0.05) is 10.8 Å². The molecule has 2 aromatic heterocycles. The summed E-state index contributed by atoms with van der Waals surface area (Å²) in [4.78, 5) is 25.6. The van der Waals surface area contributed by atoms with Gasteiger partial charge in [0.15, 0.2) is 0 Å². The van der Waals surface area contributed by atoms with Crippen LogP contribution in [0.25, 0.3) is 21.8 Å². The van der Waals surface area contributed by atoms with Crippen LogP contribution in [0.5, 0.6) is 11.5 Å². The van der Waals surface area contributed by atoms with E-state index in [1.165, 1.54) is 11.1 Å². The molecular weight excluding hydrogens is 532 g/mol. The minimum atomic E-state index is -0.374. The number of ether oxygens (including phenoxy) is 4. The van der Waals surface area contributed by atoms with E-state index in [0.29, 0.717) is 26.4 Å². The lowest BCUT2D eigenvalue weighted by atomic mass is 10.0. The van der Waals surface area contributed by atoms with Crippen LogP contribution in [-0.2, 0) is 22.3 Å². The Morgan fingerprint density at radius 2 is 1.10 bits per heavy atom. The maximum Gasteiger partial charge on any atom is 0.418 e. The van der Waals surface area contributed by atoms with E-state index in [-0.39, 0.29) is 12.2 Å². The maximum atomic E-state index is 12.8. The summed E-state index contributed by atoms with van der Waals surface area (Å²) in [7, 11) is 0. The molecule has 0 saturated heterocycles. The van der Waals surface area contributed by atoms with Crippen LogP contribution < -0.4 is 9.47 Å². The third kappa shape index (κ3) is 5.98. The van der Waals surface area contributed by atoms with Crippen molar-refractivity contribution in [1.82, 2.24) is 9.13 Å². The van der Waals surface area contributed by atoms with Crippen molar-refractivity contribution in [2.24, 2.45) is 0 Å². The SMILES string of the molecule is CCOC(=O)n1c(C)c2c3cc(ccc31)CCCCCOc1c(C)n(C(=O)OCC)c3ccc(cc13)CCCCCO2. The van der Waals surface area contributed by atoms with Crippen LogP contribution in [0.15, 0.2) is 36.4 Å². The fraction of sp³-hybridized carbons (Fsp3) is 0.471. The second-order valence-electron chi connectivity index (χ2n) is 10.9. The molecule has 3 heterocycles. The molecule has 0 aliphatic carbocycles. The summed E-state index contributed by atoms with van der Waals surface area (Å²) in [6.45, 7) is 9.27. The van der Waals surface area contributed by atoms with Gasteiger partial charge in [-0.3, -0.25) is 0 Å². The highest BCUT2D eigenvalue weighted by atomic mass is 16.6. The van der Waals surface area contributed by atoms with Crippen molar-refractivity contribution >= 4 is 34.0 Å². The van der Waals surface area contributed by atoms with Crippen molar-refractivity contribution in [2.45, 2.75) is 79.1 Å². The normalized spacial score (nSPS) is 15.0. The molecule has 0 spiro atoms. The molecule has 0 saturated carbocycles. The molecule has 0 atom stereocenters. The van der Waals surface area contributed by atoms with E-state index in [0.717, 1.165) is 96.1 Å². The van der Waals surface area contributed by atoms with Gasteiger partial charge in [0.05, 0.1) is 48.8 Å². The van der Waals surface area contributed by atoms with Gasteiger partial charge in [0.2, 0.25) is 0 Å². The monoisotopic (exact) mass is 574 g/mol. The summed E-state index contributed by atoms with van der Waals surface area (Å²) in [5.74, 6) is 1.53. The Morgan fingerprint density at radius 1 is 0.667 bits per heavy atom. The average Bonchev–Trinajstić information content (AvgIpc) is 3.41. The van der Waals surface area contributed by atoms with Gasteiger partial charge < -0.3 is 18.9 Å². The molecule has 8 nitrogen and oxygen atoms in total. The topological polar surface area (TPSA) is 80.9 Å². The summed E-state index contributed by atoms with van der Waals surface area (Å²) in [5, 5.41) is 1.91. The van der Waals surface area contributed by atoms with Crippen LogP contribution in [0.4, 0.5) is 9.59 Å². The van der Waals surface area contributed by atoms with Crippen molar-refractivity contribution < 1.29 is 28.5 Å². The van der Waals surface area contributed by atoms with E-state index in [1.54, 1.807) is 9.13 Å². The zero-order chi connectivity index (χ0) is 29.6. The van der Waals surface area contributed by atoms with Gasteiger partial charge in [0.25, 0.3) is 0 Å². The molecule has 8 heteroatoms. The van der Waals surface area contributed by atoms with Crippen LogP contribution in [0.3, 0.4) is 0 Å². The number of carbonyl (C=O) groups excluding carboxylic acids is 2. The molecule has 4 bridgehead atoms. The van der Waals surface area contributed by atoms with Crippen molar-refractivity contribution in [3.8, 4) is 11.5 Å². The predicted molar refractivity (Wildman–Crippen MR) is 164 cm³/mol. The molecule has 2 aromatic carbocycles.